The number of amides is 1. The minimum absolute atomic E-state index is 0.0553. The molecule has 27 heavy (non-hydrogen) atoms. The summed E-state index contributed by atoms with van der Waals surface area (Å²) in [7, 11) is 3.97. The first-order chi connectivity index (χ1) is 13.1. The Labute approximate surface area is 163 Å². The molecule has 0 saturated carbocycles. The number of thiazole rings is 1. The lowest BCUT2D eigenvalue weighted by Crippen LogP contribution is -2.53. The van der Waals surface area contributed by atoms with Gasteiger partial charge in [0.05, 0.1) is 18.5 Å². The molecule has 3 rings (SSSR count). The van der Waals surface area contributed by atoms with Gasteiger partial charge >= 0.3 is 0 Å². The molecule has 3 heterocycles. The molecule has 0 bridgehead atoms. The van der Waals surface area contributed by atoms with Crippen LogP contribution in [0.25, 0.3) is 0 Å². The van der Waals surface area contributed by atoms with Crippen LogP contribution < -0.4 is 10.2 Å². The molecule has 1 amide bonds. The number of anilines is 1. The second kappa shape index (κ2) is 8.90. The zero-order chi connectivity index (χ0) is 19.2. The highest BCUT2D eigenvalue weighted by atomic mass is 32.1. The average molecular weight is 391 g/mol. The molecule has 0 spiro atoms. The van der Waals surface area contributed by atoms with E-state index >= 15 is 0 Å². The van der Waals surface area contributed by atoms with E-state index in [9.17, 15) is 4.79 Å². The van der Waals surface area contributed by atoms with Crippen molar-refractivity contribution in [1.29, 1.82) is 0 Å². The molecular formula is C18H26N6O2S. The van der Waals surface area contributed by atoms with Crippen LogP contribution in [0.1, 0.15) is 23.2 Å². The summed E-state index contributed by atoms with van der Waals surface area (Å²) >= 11 is 1.62. The van der Waals surface area contributed by atoms with Crippen LogP contribution in [0.15, 0.2) is 33.2 Å². The Balaban J connectivity index is 1.59. The second-order valence-electron chi connectivity index (χ2n) is 6.44. The van der Waals surface area contributed by atoms with Gasteiger partial charge in [0.15, 0.2) is 16.9 Å². The van der Waals surface area contributed by atoms with Crippen LogP contribution in [0, 0.1) is 0 Å². The molecule has 2 aromatic heterocycles. The number of aromatic nitrogens is 1. The molecule has 1 aliphatic rings. The fourth-order valence-electron chi connectivity index (χ4n) is 2.83. The Kier molecular flexibility index (Phi) is 6.33. The van der Waals surface area contributed by atoms with Gasteiger partial charge in [0.25, 0.3) is 5.91 Å². The number of aliphatic imine (C=N–C) groups is 1. The fourth-order valence-corrected chi connectivity index (χ4v) is 3.58. The standard InChI is InChI=1S/C18H26N6O2S/c1-4-19-17(20-12-14-13-27-18(21-14)22(2)3)24-9-7-23(8-10-24)16(25)15-6-5-11-26-15/h5-6,11,13H,4,7-10,12H2,1-3H3,(H,19,20). The van der Waals surface area contributed by atoms with Crippen molar-refractivity contribution in [3.63, 3.8) is 0 Å². The maximum absolute atomic E-state index is 12.4. The van der Waals surface area contributed by atoms with E-state index in [0.717, 1.165) is 36.4 Å². The van der Waals surface area contributed by atoms with Crippen LogP contribution in [0.5, 0.6) is 0 Å². The number of nitrogens with zero attached hydrogens (tertiary/aromatic N) is 5. The zero-order valence-corrected chi connectivity index (χ0v) is 16.8. The predicted octanol–water partition coefficient (Wildman–Crippen LogP) is 1.73. The molecule has 0 radical (unpaired) electrons. The Morgan fingerprint density at radius 1 is 1.33 bits per heavy atom. The zero-order valence-electron chi connectivity index (χ0n) is 16.0. The highest BCUT2D eigenvalue weighted by Crippen LogP contribution is 2.18. The van der Waals surface area contributed by atoms with Gasteiger partial charge in [-0.25, -0.2) is 9.98 Å². The maximum atomic E-state index is 12.4. The molecule has 9 heteroatoms. The van der Waals surface area contributed by atoms with Gasteiger partial charge in [0, 0.05) is 52.2 Å². The van der Waals surface area contributed by atoms with Crippen LogP contribution in [-0.2, 0) is 6.54 Å². The number of guanidine groups is 1. The van der Waals surface area contributed by atoms with E-state index in [2.05, 4.69) is 22.1 Å². The van der Waals surface area contributed by atoms with Gasteiger partial charge in [-0.3, -0.25) is 4.79 Å². The summed E-state index contributed by atoms with van der Waals surface area (Å²) in [5.74, 6) is 1.20. The first-order valence-corrected chi connectivity index (χ1v) is 9.94. The van der Waals surface area contributed by atoms with Crippen molar-refractivity contribution < 1.29 is 9.21 Å². The largest absolute Gasteiger partial charge is 0.459 e. The number of rotatable bonds is 5. The monoisotopic (exact) mass is 390 g/mol. The summed E-state index contributed by atoms with van der Waals surface area (Å²) < 4.78 is 5.22. The molecule has 0 atom stereocenters. The molecule has 146 valence electrons. The second-order valence-corrected chi connectivity index (χ2v) is 7.28. The lowest BCUT2D eigenvalue weighted by molar-refractivity contribution is 0.0657. The van der Waals surface area contributed by atoms with Crippen molar-refractivity contribution in [1.82, 2.24) is 20.1 Å². The predicted molar refractivity (Wildman–Crippen MR) is 107 cm³/mol. The summed E-state index contributed by atoms with van der Waals surface area (Å²) in [6, 6.07) is 3.44. The van der Waals surface area contributed by atoms with Crippen molar-refractivity contribution in [2.24, 2.45) is 4.99 Å². The molecule has 1 fully saturated rings. The molecular weight excluding hydrogens is 364 g/mol. The first kappa shape index (κ1) is 19.2. The van der Waals surface area contributed by atoms with Crippen molar-refractivity contribution >= 4 is 28.3 Å². The Bertz CT molecular complexity index is 763. The van der Waals surface area contributed by atoms with Crippen LogP contribution >= 0.6 is 11.3 Å². The van der Waals surface area contributed by atoms with Crippen LogP contribution in [0.4, 0.5) is 5.13 Å². The number of hydrogen-bond donors (Lipinski definition) is 1. The number of carbonyl (C=O) groups is 1. The van der Waals surface area contributed by atoms with Crippen molar-refractivity contribution in [2.75, 3.05) is 51.7 Å². The third-order valence-corrected chi connectivity index (χ3v) is 5.30. The topological polar surface area (TPSA) is 77.2 Å². The van der Waals surface area contributed by atoms with E-state index in [-0.39, 0.29) is 5.91 Å². The van der Waals surface area contributed by atoms with Gasteiger partial charge in [-0.2, -0.15) is 0 Å². The van der Waals surface area contributed by atoms with E-state index in [1.807, 2.05) is 29.3 Å². The molecule has 8 nitrogen and oxygen atoms in total. The van der Waals surface area contributed by atoms with E-state index in [1.54, 1.807) is 23.5 Å². The van der Waals surface area contributed by atoms with Crippen molar-refractivity contribution in [2.45, 2.75) is 13.5 Å². The van der Waals surface area contributed by atoms with E-state index in [4.69, 9.17) is 9.41 Å². The van der Waals surface area contributed by atoms with E-state index < -0.39 is 0 Å². The maximum Gasteiger partial charge on any atom is 0.289 e. The smallest absolute Gasteiger partial charge is 0.289 e. The number of hydrogen-bond acceptors (Lipinski definition) is 6. The third-order valence-electron chi connectivity index (χ3n) is 4.25. The van der Waals surface area contributed by atoms with Gasteiger partial charge in [0.1, 0.15) is 0 Å². The highest BCUT2D eigenvalue weighted by Gasteiger charge is 2.25. The summed E-state index contributed by atoms with van der Waals surface area (Å²) in [5, 5.41) is 6.37. The van der Waals surface area contributed by atoms with Crippen LogP contribution in [0.3, 0.4) is 0 Å². The molecule has 0 unspecified atom stereocenters. The highest BCUT2D eigenvalue weighted by molar-refractivity contribution is 7.13. The van der Waals surface area contributed by atoms with Crippen LogP contribution in [0.2, 0.25) is 0 Å². The SMILES string of the molecule is CCNC(=NCc1csc(N(C)C)n1)N1CCN(C(=O)c2ccco2)CC1. The normalized spacial score (nSPS) is 15.1. The summed E-state index contributed by atoms with van der Waals surface area (Å²) in [6.45, 7) is 6.15. The van der Waals surface area contributed by atoms with Crippen molar-refractivity contribution in [3.8, 4) is 0 Å². The quantitative estimate of drug-likeness (QED) is 0.619. The molecule has 0 aromatic carbocycles. The minimum atomic E-state index is -0.0553. The molecule has 1 saturated heterocycles. The van der Waals surface area contributed by atoms with Gasteiger partial charge in [0.2, 0.25) is 0 Å². The Hall–Kier alpha value is -2.55. The summed E-state index contributed by atoms with van der Waals surface area (Å²) in [5.41, 5.74) is 0.964. The number of piperazine rings is 1. The molecule has 1 aliphatic heterocycles. The fraction of sp³-hybridized carbons (Fsp3) is 0.500. The first-order valence-electron chi connectivity index (χ1n) is 9.06. The van der Waals surface area contributed by atoms with Gasteiger partial charge in [-0.1, -0.05) is 0 Å². The number of carbonyl (C=O) groups excluding carboxylic acids is 1. The van der Waals surface area contributed by atoms with E-state index in [1.165, 1.54) is 6.26 Å². The summed E-state index contributed by atoms with van der Waals surface area (Å²) in [4.78, 5) is 27.7. The van der Waals surface area contributed by atoms with Gasteiger partial charge < -0.3 is 24.4 Å². The van der Waals surface area contributed by atoms with E-state index in [0.29, 0.717) is 25.4 Å². The lowest BCUT2D eigenvalue weighted by atomic mass is 10.3. The average Bonchev–Trinajstić information content (AvgIpc) is 3.36. The lowest BCUT2D eigenvalue weighted by Gasteiger charge is -2.36. The van der Waals surface area contributed by atoms with Crippen molar-refractivity contribution in [3.05, 3.63) is 35.2 Å². The Morgan fingerprint density at radius 2 is 2.07 bits per heavy atom. The van der Waals surface area contributed by atoms with Crippen LogP contribution in [-0.4, -0.2) is 73.5 Å². The molecule has 1 N–H and O–H groups in total. The molecule has 0 aliphatic carbocycles. The number of furan rings is 1. The molecule has 2 aromatic rings. The summed E-state index contributed by atoms with van der Waals surface area (Å²) in [6.07, 6.45) is 1.53. The third kappa shape index (κ3) is 4.79. The number of nitrogens with one attached hydrogen (secondary N) is 1. The van der Waals surface area contributed by atoms with Gasteiger partial charge in [-0.15, -0.1) is 11.3 Å². The van der Waals surface area contributed by atoms with Gasteiger partial charge in [-0.05, 0) is 19.1 Å². The minimum Gasteiger partial charge on any atom is -0.459 e. The Morgan fingerprint density at radius 3 is 2.67 bits per heavy atom.